The minimum Gasteiger partial charge on any atom is -0.456 e. The summed E-state index contributed by atoms with van der Waals surface area (Å²) in [5, 5.41) is 14.7. The summed E-state index contributed by atoms with van der Waals surface area (Å²) in [5.74, 6) is 0. The van der Waals surface area contributed by atoms with Crippen LogP contribution in [0.15, 0.2) is 186 Å². The van der Waals surface area contributed by atoms with Crippen molar-refractivity contribution in [2.45, 2.75) is 0 Å². The standard InChI is InChI=1S/C50H30O/c1-3-17-34-31(14-1)16-13-26-36(34)33-29-45(50-43-25-11-12-27-46(43)51-47(50)30-33)49-41-23-9-7-21-39(41)48(40-22-8-10-24-42(40)49)44-28-32-15-2-4-18-35(32)37-19-5-6-20-38(37)44/h1-30H. The smallest absolute Gasteiger partial charge is 0.136 e. The molecular weight excluding hydrogens is 617 g/mol. The first-order chi connectivity index (χ1) is 25.3. The molecule has 0 N–H and O–H groups in total. The van der Waals surface area contributed by atoms with Gasteiger partial charge >= 0.3 is 0 Å². The molecule has 11 rings (SSSR count). The summed E-state index contributed by atoms with van der Waals surface area (Å²) < 4.78 is 6.70. The highest BCUT2D eigenvalue weighted by molar-refractivity contribution is 6.28. The summed E-state index contributed by atoms with van der Waals surface area (Å²) in [6.07, 6.45) is 0. The summed E-state index contributed by atoms with van der Waals surface area (Å²) in [7, 11) is 0. The molecule has 0 saturated heterocycles. The molecule has 1 heterocycles. The summed E-state index contributed by atoms with van der Waals surface area (Å²) in [5.41, 5.74) is 9.08. The van der Waals surface area contributed by atoms with E-state index in [2.05, 4.69) is 182 Å². The Morgan fingerprint density at radius 1 is 0.275 bits per heavy atom. The molecule has 1 nitrogen and oxygen atoms in total. The van der Waals surface area contributed by atoms with E-state index >= 15 is 0 Å². The molecule has 0 spiro atoms. The van der Waals surface area contributed by atoms with Crippen LogP contribution >= 0.6 is 0 Å². The average molecular weight is 647 g/mol. The van der Waals surface area contributed by atoms with Crippen LogP contribution in [0.5, 0.6) is 0 Å². The van der Waals surface area contributed by atoms with Crippen LogP contribution in [0.1, 0.15) is 0 Å². The fraction of sp³-hybridized carbons (Fsp3) is 0. The van der Waals surface area contributed by atoms with Crippen LogP contribution in [-0.2, 0) is 0 Å². The van der Waals surface area contributed by atoms with Crippen LogP contribution in [0.3, 0.4) is 0 Å². The highest BCUT2D eigenvalue weighted by atomic mass is 16.3. The first kappa shape index (κ1) is 28.2. The maximum atomic E-state index is 6.70. The fourth-order valence-corrected chi connectivity index (χ4v) is 8.65. The minimum absolute atomic E-state index is 0.898. The van der Waals surface area contributed by atoms with Gasteiger partial charge in [-0.15, -0.1) is 0 Å². The summed E-state index contributed by atoms with van der Waals surface area (Å²) in [6.45, 7) is 0. The number of rotatable bonds is 3. The lowest BCUT2D eigenvalue weighted by Gasteiger charge is -2.20. The number of benzene rings is 10. The summed E-state index contributed by atoms with van der Waals surface area (Å²) in [6, 6.07) is 66.3. The quantitative estimate of drug-likeness (QED) is 0.138. The second kappa shape index (κ2) is 10.9. The third-order valence-electron chi connectivity index (χ3n) is 10.8. The van der Waals surface area contributed by atoms with Crippen LogP contribution in [0.25, 0.3) is 109 Å². The van der Waals surface area contributed by atoms with Crippen molar-refractivity contribution >= 4 is 75.8 Å². The Morgan fingerprint density at radius 3 is 1.49 bits per heavy atom. The van der Waals surface area contributed by atoms with Crippen molar-refractivity contribution in [2.75, 3.05) is 0 Å². The van der Waals surface area contributed by atoms with Crippen LogP contribution in [0.2, 0.25) is 0 Å². The number of hydrogen-bond donors (Lipinski definition) is 0. The largest absolute Gasteiger partial charge is 0.456 e. The third kappa shape index (κ3) is 4.16. The van der Waals surface area contributed by atoms with Gasteiger partial charge in [0.1, 0.15) is 11.2 Å². The van der Waals surface area contributed by atoms with Crippen LogP contribution < -0.4 is 0 Å². The molecule has 0 radical (unpaired) electrons. The van der Waals surface area contributed by atoms with Gasteiger partial charge in [0.25, 0.3) is 0 Å². The molecule has 10 aromatic carbocycles. The van der Waals surface area contributed by atoms with Gasteiger partial charge < -0.3 is 4.42 Å². The molecule has 1 aromatic heterocycles. The molecular formula is C50H30O. The number of furan rings is 1. The Balaban J connectivity index is 1.32. The monoisotopic (exact) mass is 646 g/mol. The first-order valence-electron chi connectivity index (χ1n) is 17.6. The van der Waals surface area contributed by atoms with Gasteiger partial charge in [0.05, 0.1) is 0 Å². The van der Waals surface area contributed by atoms with Gasteiger partial charge in [-0.05, 0) is 112 Å². The first-order valence-corrected chi connectivity index (χ1v) is 17.6. The predicted octanol–water partition coefficient (Wildman–Crippen LogP) is 14.4. The lowest BCUT2D eigenvalue weighted by Crippen LogP contribution is -1.93. The van der Waals surface area contributed by atoms with Gasteiger partial charge in [0.2, 0.25) is 0 Å². The van der Waals surface area contributed by atoms with E-state index in [1.807, 2.05) is 0 Å². The van der Waals surface area contributed by atoms with Crippen molar-refractivity contribution in [3.63, 3.8) is 0 Å². The van der Waals surface area contributed by atoms with E-state index in [1.165, 1.54) is 81.7 Å². The molecule has 0 bridgehead atoms. The molecule has 0 unspecified atom stereocenters. The van der Waals surface area contributed by atoms with Crippen molar-refractivity contribution in [1.82, 2.24) is 0 Å². The highest BCUT2D eigenvalue weighted by Gasteiger charge is 2.23. The molecule has 0 atom stereocenters. The van der Waals surface area contributed by atoms with E-state index in [9.17, 15) is 0 Å². The molecule has 0 aliphatic carbocycles. The molecule has 0 aliphatic rings. The molecule has 1 heteroatoms. The molecule has 51 heavy (non-hydrogen) atoms. The number of para-hydroxylation sites is 1. The zero-order chi connectivity index (χ0) is 33.5. The Bertz CT molecular complexity index is 3130. The lowest BCUT2D eigenvalue weighted by molar-refractivity contribution is 0.669. The number of hydrogen-bond acceptors (Lipinski definition) is 1. The van der Waals surface area contributed by atoms with Crippen molar-refractivity contribution in [3.05, 3.63) is 182 Å². The third-order valence-corrected chi connectivity index (χ3v) is 10.8. The molecule has 0 saturated carbocycles. The normalized spacial score (nSPS) is 11.9. The summed E-state index contributed by atoms with van der Waals surface area (Å²) >= 11 is 0. The van der Waals surface area contributed by atoms with Crippen molar-refractivity contribution in [2.24, 2.45) is 0 Å². The van der Waals surface area contributed by atoms with Crippen LogP contribution in [0, 0.1) is 0 Å². The minimum atomic E-state index is 0.898. The van der Waals surface area contributed by atoms with Crippen molar-refractivity contribution < 1.29 is 4.42 Å². The van der Waals surface area contributed by atoms with Crippen LogP contribution in [0.4, 0.5) is 0 Å². The molecule has 236 valence electrons. The second-order valence-electron chi connectivity index (χ2n) is 13.6. The van der Waals surface area contributed by atoms with E-state index < -0.39 is 0 Å². The van der Waals surface area contributed by atoms with E-state index in [0.717, 1.165) is 27.5 Å². The van der Waals surface area contributed by atoms with Crippen molar-refractivity contribution in [3.8, 4) is 33.4 Å². The zero-order valence-electron chi connectivity index (χ0n) is 27.7. The predicted molar refractivity (Wildman–Crippen MR) is 218 cm³/mol. The van der Waals surface area contributed by atoms with Gasteiger partial charge in [-0.1, -0.05) is 158 Å². The second-order valence-corrected chi connectivity index (χ2v) is 13.6. The Kier molecular flexibility index (Phi) is 6.02. The van der Waals surface area contributed by atoms with Crippen molar-refractivity contribution in [1.29, 1.82) is 0 Å². The maximum absolute atomic E-state index is 6.70. The van der Waals surface area contributed by atoms with E-state index in [0.29, 0.717) is 0 Å². The Labute approximate surface area is 294 Å². The fourth-order valence-electron chi connectivity index (χ4n) is 8.65. The SMILES string of the molecule is c1ccc2c(-c3cc(-c4c5ccccc5c(-c5cc6ccccc6c6ccccc56)c5ccccc45)c4c(c3)oc3ccccc34)cccc2c1. The summed E-state index contributed by atoms with van der Waals surface area (Å²) in [4.78, 5) is 0. The van der Waals surface area contributed by atoms with E-state index in [4.69, 9.17) is 4.42 Å². The van der Waals surface area contributed by atoms with Gasteiger partial charge in [-0.2, -0.15) is 0 Å². The number of fused-ring (bicyclic) bond motifs is 9. The van der Waals surface area contributed by atoms with Gasteiger partial charge in [-0.25, -0.2) is 0 Å². The lowest BCUT2D eigenvalue weighted by atomic mass is 9.82. The Morgan fingerprint density at radius 2 is 0.784 bits per heavy atom. The maximum Gasteiger partial charge on any atom is 0.136 e. The molecule has 0 aliphatic heterocycles. The highest BCUT2D eigenvalue weighted by Crippen LogP contribution is 2.50. The topological polar surface area (TPSA) is 13.1 Å². The van der Waals surface area contributed by atoms with E-state index in [1.54, 1.807) is 0 Å². The molecule has 0 amide bonds. The zero-order valence-corrected chi connectivity index (χ0v) is 27.7. The Hall–Kier alpha value is -6.70. The van der Waals surface area contributed by atoms with Crippen LogP contribution in [-0.4, -0.2) is 0 Å². The van der Waals surface area contributed by atoms with Gasteiger partial charge in [-0.3, -0.25) is 0 Å². The molecule has 11 aromatic rings. The van der Waals surface area contributed by atoms with E-state index in [-0.39, 0.29) is 0 Å². The van der Waals surface area contributed by atoms with Gasteiger partial charge in [0.15, 0.2) is 0 Å². The average Bonchev–Trinajstić information content (AvgIpc) is 3.58. The van der Waals surface area contributed by atoms with Gasteiger partial charge in [0, 0.05) is 10.8 Å². The molecule has 0 fully saturated rings.